The average Bonchev–Trinajstić information content (AvgIpc) is 2.87. The fraction of sp³-hybridized carbons (Fsp3) is 0.0667. The van der Waals surface area contributed by atoms with E-state index in [0.717, 1.165) is 6.26 Å². The van der Waals surface area contributed by atoms with Gasteiger partial charge in [-0.15, -0.1) is 0 Å². The number of sulfonamides is 1. The first-order valence-electron chi connectivity index (χ1n) is 6.84. The van der Waals surface area contributed by atoms with Gasteiger partial charge >= 0.3 is 0 Å². The summed E-state index contributed by atoms with van der Waals surface area (Å²) < 4.78 is 26.4. The number of hydrogen-bond donors (Lipinski definition) is 2. The Labute approximate surface area is 143 Å². The molecule has 3 aromatic rings. The van der Waals surface area contributed by atoms with Gasteiger partial charge in [0.25, 0.3) is 5.91 Å². The van der Waals surface area contributed by atoms with Crippen LogP contribution in [0.25, 0.3) is 5.65 Å². The maximum Gasteiger partial charge on any atom is 0.256 e. The summed E-state index contributed by atoms with van der Waals surface area (Å²) in [6.45, 7) is 0. The van der Waals surface area contributed by atoms with Crippen molar-refractivity contribution < 1.29 is 13.2 Å². The molecule has 0 aliphatic rings. The topological polar surface area (TPSA) is 92.6 Å². The molecule has 0 aliphatic heterocycles. The number of rotatable bonds is 4. The molecule has 0 saturated heterocycles. The molecule has 24 heavy (non-hydrogen) atoms. The number of amides is 1. The summed E-state index contributed by atoms with van der Waals surface area (Å²) in [7, 11) is -3.35. The lowest BCUT2D eigenvalue weighted by molar-refractivity contribution is 0.102. The Balaban J connectivity index is 1.76. The van der Waals surface area contributed by atoms with Crippen molar-refractivity contribution in [2.75, 3.05) is 16.3 Å². The molecule has 0 unspecified atom stereocenters. The number of benzene rings is 1. The summed E-state index contributed by atoms with van der Waals surface area (Å²) in [6, 6.07) is 9.52. The molecule has 0 fully saturated rings. The molecule has 0 saturated carbocycles. The smallest absolute Gasteiger partial charge is 0.256 e. The number of carbonyl (C=O) groups excluding carboxylic acids is 1. The highest BCUT2D eigenvalue weighted by Crippen LogP contribution is 2.16. The summed E-state index contributed by atoms with van der Waals surface area (Å²) in [5.41, 5.74) is 1.42. The Kier molecular flexibility index (Phi) is 4.16. The summed E-state index contributed by atoms with van der Waals surface area (Å²) in [5, 5.41) is 3.24. The standard InChI is InChI=1S/C15H13ClN4O3S/c1-24(22,23)19-12-5-2-10(3-6-12)15(21)18-13-9-20-8-11(16)4-7-14(20)17-13/h2-9,19H,1H3,(H,18,21). The lowest BCUT2D eigenvalue weighted by Gasteiger charge is -2.05. The molecular weight excluding hydrogens is 352 g/mol. The van der Waals surface area contributed by atoms with Gasteiger partial charge in [-0.25, -0.2) is 13.4 Å². The van der Waals surface area contributed by atoms with Gasteiger partial charge < -0.3 is 9.72 Å². The van der Waals surface area contributed by atoms with E-state index in [1.807, 2.05) is 0 Å². The van der Waals surface area contributed by atoms with Crippen LogP contribution in [0.3, 0.4) is 0 Å². The zero-order chi connectivity index (χ0) is 17.3. The molecular formula is C15H13ClN4O3S. The molecule has 0 bridgehead atoms. The highest BCUT2D eigenvalue weighted by atomic mass is 35.5. The lowest BCUT2D eigenvalue weighted by Crippen LogP contribution is -2.13. The van der Waals surface area contributed by atoms with E-state index >= 15 is 0 Å². The average molecular weight is 365 g/mol. The Morgan fingerprint density at radius 3 is 2.50 bits per heavy atom. The van der Waals surface area contributed by atoms with Crippen molar-refractivity contribution in [1.29, 1.82) is 0 Å². The van der Waals surface area contributed by atoms with Crippen LogP contribution in [0.2, 0.25) is 5.02 Å². The predicted molar refractivity (Wildman–Crippen MR) is 93.1 cm³/mol. The maximum absolute atomic E-state index is 12.2. The van der Waals surface area contributed by atoms with Crippen molar-refractivity contribution in [3.8, 4) is 0 Å². The van der Waals surface area contributed by atoms with Gasteiger partial charge in [-0.2, -0.15) is 0 Å². The van der Waals surface area contributed by atoms with Crippen LogP contribution in [0.1, 0.15) is 10.4 Å². The Bertz CT molecular complexity index is 1010. The number of imidazole rings is 1. The summed E-state index contributed by atoms with van der Waals surface area (Å²) in [6.07, 6.45) is 4.40. The second kappa shape index (κ2) is 6.14. The normalized spacial score (nSPS) is 11.4. The van der Waals surface area contributed by atoms with E-state index in [-0.39, 0.29) is 5.91 Å². The van der Waals surface area contributed by atoms with Crippen molar-refractivity contribution in [3.63, 3.8) is 0 Å². The van der Waals surface area contributed by atoms with Gasteiger partial charge in [0.2, 0.25) is 10.0 Å². The number of halogens is 1. The van der Waals surface area contributed by atoms with E-state index in [9.17, 15) is 13.2 Å². The maximum atomic E-state index is 12.2. The van der Waals surface area contributed by atoms with Crippen LogP contribution in [0.5, 0.6) is 0 Å². The molecule has 3 rings (SSSR count). The fourth-order valence-electron chi connectivity index (χ4n) is 2.12. The van der Waals surface area contributed by atoms with Crippen LogP contribution < -0.4 is 10.0 Å². The number of anilines is 2. The number of pyridine rings is 1. The van der Waals surface area contributed by atoms with Gasteiger partial charge in [0, 0.05) is 17.4 Å². The zero-order valence-electron chi connectivity index (χ0n) is 12.5. The Morgan fingerprint density at radius 1 is 1.12 bits per heavy atom. The Morgan fingerprint density at radius 2 is 1.83 bits per heavy atom. The second-order valence-electron chi connectivity index (χ2n) is 5.14. The van der Waals surface area contributed by atoms with E-state index < -0.39 is 10.0 Å². The Hall–Kier alpha value is -2.58. The minimum atomic E-state index is -3.35. The summed E-state index contributed by atoms with van der Waals surface area (Å²) in [4.78, 5) is 16.5. The van der Waals surface area contributed by atoms with Gasteiger partial charge in [0.05, 0.1) is 17.5 Å². The molecule has 0 spiro atoms. The largest absolute Gasteiger partial charge is 0.305 e. The van der Waals surface area contributed by atoms with Crippen molar-refractivity contribution in [2.24, 2.45) is 0 Å². The van der Waals surface area contributed by atoms with E-state index in [2.05, 4.69) is 15.0 Å². The highest BCUT2D eigenvalue weighted by molar-refractivity contribution is 7.92. The minimum absolute atomic E-state index is 0.351. The monoisotopic (exact) mass is 364 g/mol. The molecule has 0 radical (unpaired) electrons. The molecule has 0 aliphatic carbocycles. The number of aromatic nitrogens is 2. The summed E-state index contributed by atoms with van der Waals surface area (Å²) >= 11 is 5.91. The van der Waals surface area contributed by atoms with Crippen LogP contribution >= 0.6 is 11.6 Å². The van der Waals surface area contributed by atoms with Gasteiger partial charge in [0.1, 0.15) is 5.65 Å². The van der Waals surface area contributed by atoms with Gasteiger partial charge in [-0.05, 0) is 36.4 Å². The molecule has 2 heterocycles. The van der Waals surface area contributed by atoms with Crippen LogP contribution in [0.4, 0.5) is 11.5 Å². The van der Waals surface area contributed by atoms with Crippen molar-refractivity contribution in [1.82, 2.24) is 9.38 Å². The summed E-state index contributed by atoms with van der Waals surface area (Å²) in [5.74, 6) is 0.0380. The zero-order valence-corrected chi connectivity index (χ0v) is 14.1. The molecule has 2 N–H and O–H groups in total. The van der Waals surface area contributed by atoms with Gasteiger partial charge in [-0.1, -0.05) is 11.6 Å². The van der Waals surface area contributed by atoms with E-state index in [4.69, 9.17) is 11.6 Å². The molecule has 7 nitrogen and oxygen atoms in total. The van der Waals surface area contributed by atoms with Crippen molar-refractivity contribution in [2.45, 2.75) is 0 Å². The molecule has 0 atom stereocenters. The third kappa shape index (κ3) is 3.84. The first-order chi connectivity index (χ1) is 11.3. The SMILES string of the molecule is CS(=O)(=O)Nc1ccc(C(=O)Nc2cn3cc(Cl)ccc3n2)cc1. The van der Waals surface area contributed by atoms with Crippen LogP contribution in [0.15, 0.2) is 48.8 Å². The molecule has 9 heteroatoms. The first kappa shape index (κ1) is 16.3. The highest BCUT2D eigenvalue weighted by Gasteiger charge is 2.10. The quantitative estimate of drug-likeness (QED) is 0.744. The van der Waals surface area contributed by atoms with Crippen LogP contribution in [-0.2, 0) is 10.0 Å². The molecule has 1 amide bonds. The third-order valence-corrected chi connectivity index (χ3v) is 3.94. The number of nitrogens with one attached hydrogen (secondary N) is 2. The molecule has 1 aromatic carbocycles. The number of fused-ring (bicyclic) bond motifs is 1. The third-order valence-electron chi connectivity index (χ3n) is 3.11. The fourth-order valence-corrected chi connectivity index (χ4v) is 2.85. The number of nitrogens with zero attached hydrogens (tertiary/aromatic N) is 2. The number of carbonyl (C=O) groups is 1. The predicted octanol–water partition coefficient (Wildman–Crippen LogP) is 2.61. The van der Waals surface area contributed by atoms with E-state index in [1.165, 1.54) is 24.3 Å². The van der Waals surface area contributed by atoms with Crippen LogP contribution in [0, 0.1) is 0 Å². The number of hydrogen-bond acceptors (Lipinski definition) is 4. The van der Waals surface area contributed by atoms with E-state index in [1.54, 1.807) is 28.9 Å². The first-order valence-corrected chi connectivity index (χ1v) is 9.10. The van der Waals surface area contributed by atoms with Gasteiger partial charge in [-0.3, -0.25) is 9.52 Å². The van der Waals surface area contributed by atoms with Crippen molar-refractivity contribution >= 4 is 44.7 Å². The lowest BCUT2D eigenvalue weighted by atomic mass is 10.2. The second-order valence-corrected chi connectivity index (χ2v) is 7.33. The van der Waals surface area contributed by atoms with Crippen LogP contribution in [-0.4, -0.2) is 30.0 Å². The molecule has 124 valence electrons. The minimum Gasteiger partial charge on any atom is -0.305 e. The van der Waals surface area contributed by atoms with Gasteiger partial charge in [0.15, 0.2) is 5.82 Å². The van der Waals surface area contributed by atoms with Crippen molar-refractivity contribution in [3.05, 3.63) is 59.4 Å². The molecule has 2 aromatic heterocycles. The van der Waals surface area contributed by atoms with E-state index in [0.29, 0.717) is 27.7 Å².